The molecule has 0 radical (unpaired) electrons. The van der Waals surface area contributed by atoms with Crippen molar-refractivity contribution in [2.24, 2.45) is 0 Å². The zero-order valence-electron chi connectivity index (χ0n) is 20.3. The summed E-state index contributed by atoms with van der Waals surface area (Å²) in [6.45, 7) is 0.979. The van der Waals surface area contributed by atoms with Gasteiger partial charge in [-0.15, -0.1) is 13.2 Å². The number of hydrogen-bond donors (Lipinski definition) is 0. The number of amides is 1. The van der Waals surface area contributed by atoms with Crippen molar-refractivity contribution in [1.29, 1.82) is 0 Å². The molecule has 2 heterocycles. The first-order valence-corrected chi connectivity index (χ1v) is 12.2. The van der Waals surface area contributed by atoms with Crippen molar-refractivity contribution in [3.63, 3.8) is 0 Å². The monoisotopic (exact) mass is 519 g/mol. The zero-order chi connectivity index (χ0) is 26.7. The number of nitrogens with zero attached hydrogens (tertiary/aromatic N) is 3. The number of alkyl halides is 3. The molecular formula is C29H24F3N3O3. The van der Waals surface area contributed by atoms with Crippen LogP contribution in [0.15, 0.2) is 79.1 Å². The lowest BCUT2D eigenvalue weighted by atomic mass is 9.90. The first-order chi connectivity index (χ1) is 18.3. The fourth-order valence-corrected chi connectivity index (χ4v) is 4.80. The van der Waals surface area contributed by atoms with Crippen LogP contribution >= 0.6 is 0 Å². The van der Waals surface area contributed by atoms with Gasteiger partial charge in [-0.25, -0.2) is 9.97 Å². The molecule has 1 saturated heterocycles. The molecule has 1 aliphatic rings. The molecule has 3 aromatic carbocycles. The van der Waals surface area contributed by atoms with Gasteiger partial charge in [-0.2, -0.15) is 0 Å². The van der Waals surface area contributed by atoms with Gasteiger partial charge < -0.3 is 9.64 Å². The van der Waals surface area contributed by atoms with E-state index in [1.807, 2.05) is 42.5 Å². The normalized spacial score (nSPS) is 14.4. The van der Waals surface area contributed by atoms with Crippen LogP contribution in [0.25, 0.3) is 10.9 Å². The van der Waals surface area contributed by atoms with Gasteiger partial charge in [-0.3, -0.25) is 9.59 Å². The predicted molar refractivity (Wildman–Crippen MR) is 135 cm³/mol. The van der Waals surface area contributed by atoms with Crippen molar-refractivity contribution in [1.82, 2.24) is 14.9 Å². The summed E-state index contributed by atoms with van der Waals surface area (Å²) in [6, 6.07) is 20.0. The van der Waals surface area contributed by atoms with Crippen molar-refractivity contribution in [3.8, 4) is 5.75 Å². The van der Waals surface area contributed by atoms with Gasteiger partial charge >= 0.3 is 6.36 Å². The van der Waals surface area contributed by atoms with Gasteiger partial charge in [-0.1, -0.05) is 42.5 Å². The zero-order valence-corrected chi connectivity index (χ0v) is 20.3. The second-order valence-corrected chi connectivity index (χ2v) is 9.22. The lowest BCUT2D eigenvalue weighted by molar-refractivity contribution is -0.274. The van der Waals surface area contributed by atoms with Crippen molar-refractivity contribution < 1.29 is 27.5 Å². The summed E-state index contributed by atoms with van der Waals surface area (Å²) in [5, 5.41) is 0.883. The third-order valence-corrected chi connectivity index (χ3v) is 6.70. The second-order valence-electron chi connectivity index (χ2n) is 9.22. The van der Waals surface area contributed by atoms with Crippen LogP contribution in [0.4, 0.5) is 13.2 Å². The van der Waals surface area contributed by atoms with Crippen LogP contribution in [-0.2, 0) is 6.42 Å². The average molecular weight is 520 g/mol. The minimum absolute atomic E-state index is 0.0167. The van der Waals surface area contributed by atoms with Crippen LogP contribution in [0.5, 0.6) is 5.75 Å². The van der Waals surface area contributed by atoms with Crippen LogP contribution in [0, 0.1) is 0 Å². The summed E-state index contributed by atoms with van der Waals surface area (Å²) >= 11 is 0. The first-order valence-electron chi connectivity index (χ1n) is 12.2. The minimum atomic E-state index is -4.78. The lowest BCUT2D eigenvalue weighted by Crippen LogP contribution is -2.38. The highest BCUT2D eigenvalue weighted by Gasteiger charge is 2.31. The van der Waals surface area contributed by atoms with E-state index in [-0.39, 0.29) is 23.4 Å². The van der Waals surface area contributed by atoms with E-state index in [9.17, 15) is 22.8 Å². The van der Waals surface area contributed by atoms with Gasteiger partial charge in [0, 0.05) is 41.9 Å². The van der Waals surface area contributed by atoms with E-state index in [1.165, 1.54) is 18.5 Å². The highest BCUT2D eigenvalue weighted by Crippen LogP contribution is 2.32. The molecule has 1 fully saturated rings. The minimum Gasteiger partial charge on any atom is -0.406 e. The van der Waals surface area contributed by atoms with Crippen LogP contribution in [0.3, 0.4) is 0 Å². The molecular weight excluding hydrogens is 495 g/mol. The van der Waals surface area contributed by atoms with Gasteiger partial charge in [-0.05, 0) is 48.7 Å². The Bertz CT molecular complexity index is 1450. The molecule has 9 heteroatoms. The van der Waals surface area contributed by atoms with Crippen LogP contribution in [-0.4, -0.2) is 46.0 Å². The summed E-state index contributed by atoms with van der Waals surface area (Å²) in [5.41, 5.74) is 3.44. The summed E-state index contributed by atoms with van der Waals surface area (Å²) in [6.07, 6.45) is -1.60. The molecule has 0 bridgehead atoms. The molecule has 0 N–H and O–H groups in total. The molecule has 6 nitrogen and oxygen atoms in total. The molecule has 194 valence electrons. The molecule has 0 spiro atoms. The van der Waals surface area contributed by atoms with Crippen molar-refractivity contribution in [2.45, 2.75) is 31.5 Å². The van der Waals surface area contributed by atoms with Crippen LogP contribution in [0.2, 0.25) is 0 Å². The molecule has 0 aliphatic carbocycles. The molecule has 1 amide bonds. The highest BCUT2D eigenvalue weighted by atomic mass is 19.4. The maximum Gasteiger partial charge on any atom is 0.573 e. The van der Waals surface area contributed by atoms with Crippen molar-refractivity contribution in [2.75, 3.05) is 13.1 Å². The molecule has 0 unspecified atom stereocenters. The molecule has 5 rings (SSSR count). The van der Waals surface area contributed by atoms with E-state index in [0.717, 1.165) is 28.8 Å². The quantitative estimate of drug-likeness (QED) is 0.294. The Balaban J connectivity index is 1.25. The third-order valence-electron chi connectivity index (χ3n) is 6.70. The van der Waals surface area contributed by atoms with E-state index in [0.29, 0.717) is 49.0 Å². The number of likely N-dealkylation sites (tertiary alicyclic amines) is 1. The molecule has 1 aliphatic heterocycles. The fraction of sp³-hybridized carbons (Fsp3) is 0.241. The largest absolute Gasteiger partial charge is 0.573 e. The van der Waals surface area contributed by atoms with E-state index in [4.69, 9.17) is 0 Å². The molecule has 4 aromatic rings. The third kappa shape index (κ3) is 5.82. The molecule has 0 saturated carbocycles. The Labute approximate surface area is 217 Å². The fourth-order valence-electron chi connectivity index (χ4n) is 4.80. The number of hydrogen-bond acceptors (Lipinski definition) is 5. The Hall–Kier alpha value is -4.27. The number of piperidine rings is 1. The maximum absolute atomic E-state index is 12.9. The molecule has 38 heavy (non-hydrogen) atoms. The SMILES string of the molecule is O=C(Cc1ccccc1)c1ccc2c(C3CCN(C(=O)c4ccc(OC(F)(F)F)cc4)CC3)ncnc2c1. The number of fused-ring (bicyclic) bond motifs is 1. The van der Waals surface area contributed by atoms with Gasteiger partial charge in [0.15, 0.2) is 5.78 Å². The Kier molecular flexibility index (Phi) is 7.09. The first kappa shape index (κ1) is 25.4. The standard InChI is InChI=1S/C29H24F3N3O3/c30-29(31,32)38-23-9-6-21(7-10-23)28(37)35-14-12-20(13-15-35)27-24-11-8-22(17-25(24)33-18-34-27)26(36)16-19-4-2-1-3-5-19/h1-11,17-18,20H,12-16H2. The summed E-state index contributed by atoms with van der Waals surface area (Å²) < 4.78 is 41.0. The lowest BCUT2D eigenvalue weighted by Gasteiger charge is -2.32. The molecule has 1 aromatic heterocycles. The number of rotatable bonds is 6. The van der Waals surface area contributed by atoms with Crippen molar-refractivity contribution in [3.05, 3.63) is 102 Å². The average Bonchev–Trinajstić information content (AvgIpc) is 2.92. The van der Waals surface area contributed by atoms with Crippen LogP contribution < -0.4 is 4.74 Å². The van der Waals surface area contributed by atoms with E-state index in [2.05, 4.69) is 14.7 Å². The molecule has 0 atom stereocenters. The van der Waals surface area contributed by atoms with Crippen molar-refractivity contribution >= 4 is 22.6 Å². The highest BCUT2D eigenvalue weighted by molar-refractivity contribution is 6.00. The Morgan fingerprint density at radius 2 is 1.58 bits per heavy atom. The number of halogens is 3. The van der Waals surface area contributed by atoms with Gasteiger partial charge in [0.1, 0.15) is 12.1 Å². The smallest absolute Gasteiger partial charge is 0.406 e. The van der Waals surface area contributed by atoms with Gasteiger partial charge in [0.05, 0.1) is 11.2 Å². The summed E-state index contributed by atoms with van der Waals surface area (Å²) in [7, 11) is 0. The number of aromatic nitrogens is 2. The number of ether oxygens (including phenoxy) is 1. The number of Topliss-reactive ketones (excluding diaryl/α,β-unsaturated/α-hetero) is 1. The van der Waals surface area contributed by atoms with Gasteiger partial charge in [0.2, 0.25) is 0 Å². The Morgan fingerprint density at radius 1 is 0.895 bits per heavy atom. The summed E-state index contributed by atoms with van der Waals surface area (Å²) in [5.74, 6) is -0.481. The number of carbonyl (C=O) groups excluding carboxylic acids is 2. The number of carbonyl (C=O) groups is 2. The topological polar surface area (TPSA) is 72.4 Å². The van der Waals surface area contributed by atoms with Gasteiger partial charge in [0.25, 0.3) is 5.91 Å². The van der Waals surface area contributed by atoms with Crippen LogP contribution in [0.1, 0.15) is 50.7 Å². The number of ketones is 1. The number of benzene rings is 3. The maximum atomic E-state index is 12.9. The summed E-state index contributed by atoms with van der Waals surface area (Å²) in [4.78, 5) is 36.3. The van der Waals surface area contributed by atoms with E-state index < -0.39 is 6.36 Å². The van der Waals surface area contributed by atoms with E-state index in [1.54, 1.807) is 11.0 Å². The van der Waals surface area contributed by atoms with E-state index >= 15 is 0 Å². The predicted octanol–water partition coefficient (Wildman–Crippen LogP) is 5.97. The second kappa shape index (κ2) is 10.6. The Morgan fingerprint density at radius 3 is 2.26 bits per heavy atom.